The lowest BCUT2D eigenvalue weighted by molar-refractivity contribution is -0.144. The van der Waals surface area contributed by atoms with Crippen LogP contribution in [-0.2, 0) is 9.53 Å². The number of para-hydroxylation sites is 1. The van der Waals surface area contributed by atoms with Gasteiger partial charge in [-0.3, -0.25) is 4.79 Å². The molecule has 1 aliphatic carbocycles. The molecule has 0 bridgehead atoms. The first-order chi connectivity index (χ1) is 12.3. The molecule has 2 aliphatic heterocycles. The van der Waals surface area contributed by atoms with Crippen molar-refractivity contribution in [3.8, 4) is 5.75 Å². The Bertz CT molecular complexity index is 607. The molecule has 1 aromatic carbocycles. The molecule has 0 unspecified atom stereocenters. The molecule has 1 atom stereocenters. The zero-order valence-corrected chi connectivity index (χ0v) is 14.8. The smallest absolute Gasteiger partial charge is 0.254 e. The highest BCUT2D eigenvalue weighted by Crippen LogP contribution is 2.34. The summed E-state index contributed by atoms with van der Waals surface area (Å²) < 4.78 is 11.2. The van der Waals surface area contributed by atoms with Crippen molar-refractivity contribution < 1.29 is 14.3 Å². The highest BCUT2D eigenvalue weighted by atomic mass is 16.7. The van der Waals surface area contributed by atoms with E-state index in [2.05, 4.69) is 10.2 Å². The molecule has 1 amide bonds. The van der Waals surface area contributed by atoms with E-state index in [4.69, 9.17) is 9.47 Å². The van der Waals surface area contributed by atoms with Crippen molar-refractivity contribution in [3.63, 3.8) is 0 Å². The maximum absolute atomic E-state index is 13.1. The van der Waals surface area contributed by atoms with E-state index < -0.39 is 6.10 Å². The van der Waals surface area contributed by atoms with Crippen LogP contribution in [0.15, 0.2) is 24.3 Å². The number of rotatable bonds is 4. The first-order valence-corrected chi connectivity index (χ1v) is 9.64. The largest absolute Gasteiger partial charge is 0.467 e. The van der Waals surface area contributed by atoms with Gasteiger partial charge in [-0.2, -0.15) is 0 Å². The van der Waals surface area contributed by atoms with Gasteiger partial charge in [0.1, 0.15) is 5.75 Å². The number of likely N-dealkylation sites (tertiary alicyclic amines) is 1. The number of nitrogens with one attached hydrogen (secondary N) is 1. The summed E-state index contributed by atoms with van der Waals surface area (Å²) in [5.41, 5.74) is 0.731. The van der Waals surface area contributed by atoms with Crippen LogP contribution < -0.4 is 10.1 Å². The van der Waals surface area contributed by atoms with Gasteiger partial charge < -0.3 is 19.7 Å². The van der Waals surface area contributed by atoms with E-state index in [1.54, 1.807) is 0 Å². The second-order valence-corrected chi connectivity index (χ2v) is 7.66. The van der Waals surface area contributed by atoms with E-state index in [0.29, 0.717) is 0 Å². The SMILES string of the molecule is O=C(NC1(CN2CCCC2)CCCCC1)[C@@H]1OCOc2ccccc21. The summed E-state index contributed by atoms with van der Waals surface area (Å²) in [6.45, 7) is 3.43. The number of nitrogens with zero attached hydrogens (tertiary/aromatic N) is 1. The highest BCUT2D eigenvalue weighted by molar-refractivity contribution is 5.84. The lowest BCUT2D eigenvalue weighted by atomic mass is 9.81. The standard InChI is InChI=1S/C20H28N2O3/c23-19(18-16-8-2-3-9-17(16)24-15-25-18)21-20(10-4-1-5-11-20)14-22-12-6-7-13-22/h2-3,8-9,18H,1,4-7,10-15H2,(H,21,23)/t18-/m1/s1. The lowest BCUT2D eigenvalue weighted by Gasteiger charge is -2.42. The molecule has 4 rings (SSSR count). The van der Waals surface area contributed by atoms with Crippen LogP contribution in [0.4, 0.5) is 0 Å². The Labute approximate surface area is 149 Å². The van der Waals surface area contributed by atoms with Gasteiger partial charge >= 0.3 is 0 Å². The predicted octanol–water partition coefficient (Wildman–Crippen LogP) is 3.01. The van der Waals surface area contributed by atoms with E-state index in [1.807, 2.05) is 24.3 Å². The normalized spacial score (nSPS) is 25.8. The summed E-state index contributed by atoms with van der Waals surface area (Å²) in [5.74, 6) is 0.739. The van der Waals surface area contributed by atoms with Crippen molar-refractivity contribution in [2.45, 2.75) is 56.6 Å². The van der Waals surface area contributed by atoms with E-state index in [9.17, 15) is 4.79 Å². The van der Waals surface area contributed by atoms with Crippen molar-refractivity contribution in [1.82, 2.24) is 10.2 Å². The molecule has 5 nitrogen and oxygen atoms in total. The monoisotopic (exact) mass is 344 g/mol. The van der Waals surface area contributed by atoms with Crippen molar-refractivity contribution >= 4 is 5.91 Å². The number of fused-ring (bicyclic) bond motifs is 1. The number of carbonyl (C=O) groups excluding carboxylic acids is 1. The predicted molar refractivity (Wildman–Crippen MR) is 95.4 cm³/mol. The number of ether oxygens (including phenoxy) is 2. The minimum atomic E-state index is -0.567. The van der Waals surface area contributed by atoms with Gasteiger partial charge in [0, 0.05) is 12.1 Å². The van der Waals surface area contributed by atoms with E-state index in [0.717, 1.165) is 43.8 Å². The molecule has 0 aromatic heterocycles. The molecule has 2 fully saturated rings. The van der Waals surface area contributed by atoms with Crippen LogP contribution in [-0.4, -0.2) is 42.8 Å². The van der Waals surface area contributed by atoms with Gasteiger partial charge in [0.15, 0.2) is 12.9 Å². The average molecular weight is 344 g/mol. The Balaban J connectivity index is 1.50. The summed E-state index contributed by atoms with van der Waals surface area (Å²) in [5, 5.41) is 3.41. The minimum absolute atomic E-state index is 0.0168. The Morgan fingerprint density at radius 2 is 1.88 bits per heavy atom. The van der Waals surface area contributed by atoms with Crippen LogP contribution in [0.25, 0.3) is 0 Å². The quantitative estimate of drug-likeness (QED) is 0.912. The van der Waals surface area contributed by atoms with Crippen LogP contribution in [0.2, 0.25) is 0 Å². The molecule has 1 saturated heterocycles. The third-order valence-electron chi connectivity index (χ3n) is 5.81. The number of hydrogen-bond donors (Lipinski definition) is 1. The van der Waals surface area contributed by atoms with Crippen molar-refractivity contribution in [1.29, 1.82) is 0 Å². The fourth-order valence-electron chi connectivity index (χ4n) is 4.55. The topological polar surface area (TPSA) is 50.8 Å². The van der Waals surface area contributed by atoms with E-state index in [-0.39, 0.29) is 18.2 Å². The molecule has 136 valence electrons. The number of benzene rings is 1. The Hall–Kier alpha value is -1.59. The number of amides is 1. The molecular weight excluding hydrogens is 316 g/mol. The molecular formula is C20H28N2O3. The van der Waals surface area contributed by atoms with Crippen molar-refractivity contribution in [2.24, 2.45) is 0 Å². The Morgan fingerprint density at radius 1 is 1.12 bits per heavy atom. The first kappa shape index (κ1) is 16.9. The molecule has 5 heteroatoms. The van der Waals surface area contributed by atoms with Crippen LogP contribution in [0.1, 0.15) is 56.6 Å². The highest BCUT2D eigenvalue weighted by Gasteiger charge is 2.39. The van der Waals surface area contributed by atoms with E-state index >= 15 is 0 Å². The molecule has 1 aromatic rings. The first-order valence-electron chi connectivity index (χ1n) is 9.64. The third kappa shape index (κ3) is 3.67. The van der Waals surface area contributed by atoms with Gasteiger partial charge in [0.05, 0.1) is 5.54 Å². The van der Waals surface area contributed by atoms with Gasteiger partial charge in [0.2, 0.25) is 0 Å². The average Bonchev–Trinajstić information content (AvgIpc) is 3.14. The van der Waals surface area contributed by atoms with Crippen LogP contribution in [0.3, 0.4) is 0 Å². The lowest BCUT2D eigenvalue weighted by Crippen LogP contribution is -2.57. The van der Waals surface area contributed by atoms with Gasteiger partial charge in [0.25, 0.3) is 5.91 Å². The maximum atomic E-state index is 13.1. The second kappa shape index (κ2) is 7.34. The molecule has 1 N–H and O–H groups in total. The fraction of sp³-hybridized carbons (Fsp3) is 0.650. The van der Waals surface area contributed by atoms with Gasteiger partial charge in [-0.25, -0.2) is 0 Å². The summed E-state index contributed by atoms with van der Waals surface area (Å²) in [4.78, 5) is 15.6. The Morgan fingerprint density at radius 3 is 2.68 bits per heavy atom. The minimum Gasteiger partial charge on any atom is -0.467 e. The summed E-state index contributed by atoms with van der Waals surface area (Å²) in [7, 11) is 0. The molecule has 25 heavy (non-hydrogen) atoms. The molecule has 0 spiro atoms. The number of hydrogen-bond acceptors (Lipinski definition) is 4. The summed E-state index contributed by atoms with van der Waals surface area (Å²) in [6.07, 6.45) is 7.79. The van der Waals surface area contributed by atoms with Crippen LogP contribution in [0, 0.1) is 0 Å². The Kier molecular flexibility index (Phi) is 4.95. The zero-order chi connectivity index (χ0) is 17.1. The molecule has 3 aliphatic rings. The summed E-state index contributed by atoms with van der Waals surface area (Å²) in [6, 6.07) is 7.68. The third-order valence-corrected chi connectivity index (χ3v) is 5.81. The number of carbonyl (C=O) groups is 1. The van der Waals surface area contributed by atoms with Gasteiger partial charge in [-0.1, -0.05) is 37.5 Å². The van der Waals surface area contributed by atoms with Gasteiger partial charge in [-0.15, -0.1) is 0 Å². The molecule has 2 heterocycles. The second-order valence-electron chi connectivity index (χ2n) is 7.66. The summed E-state index contributed by atoms with van der Waals surface area (Å²) >= 11 is 0. The molecule has 0 radical (unpaired) electrons. The van der Waals surface area contributed by atoms with Crippen molar-refractivity contribution in [2.75, 3.05) is 26.4 Å². The van der Waals surface area contributed by atoms with Gasteiger partial charge in [-0.05, 0) is 44.8 Å². The van der Waals surface area contributed by atoms with Crippen LogP contribution in [0.5, 0.6) is 5.75 Å². The van der Waals surface area contributed by atoms with Crippen LogP contribution >= 0.6 is 0 Å². The van der Waals surface area contributed by atoms with Crippen molar-refractivity contribution in [3.05, 3.63) is 29.8 Å². The zero-order valence-electron chi connectivity index (χ0n) is 14.8. The van der Waals surface area contributed by atoms with E-state index in [1.165, 1.54) is 32.1 Å². The fourth-order valence-corrected chi connectivity index (χ4v) is 4.55. The molecule has 1 saturated carbocycles. The maximum Gasteiger partial charge on any atom is 0.254 e.